The largest absolute Gasteiger partial charge is 0.356 e. The minimum atomic E-state index is -0.239. The van der Waals surface area contributed by atoms with Crippen LogP contribution in [0.4, 0.5) is 9.52 Å². The first-order chi connectivity index (χ1) is 12.2. The number of thioether (sulfide) groups is 1. The van der Waals surface area contributed by atoms with Crippen LogP contribution in [0.2, 0.25) is 0 Å². The fraction of sp³-hybridized carbons (Fsp3) is 0.375. The van der Waals surface area contributed by atoms with Gasteiger partial charge in [0.2, 0.25) is 11.0 Å². The standard InChI is InChI=1S/C16H18FN5OS2/c1-2-3-4-13-19-14(23-22-13)10-24-16-21-20-15(25-16)18-9-11-5-7-12(17)8-6-11/h5-8H,2-4,9-10H2,1H3,(H,18,20). The molecule has 0 amide bonds. The summed E-state index contributed by atoms with van der Waals surface area (Å²) in [5.41, 5.74) is 0.983. The third kappa shape index (κ3) is 5.50. The normalized spacial score (nSPS) is 11.0. The molecular formula is C16H18FN5OS2. The Kier molecular flexibility index (Phi) is 6.35. The molecule has 0 bridgehead atoms. The Morgan fingerprint density at radius 2 is 2.08 bits per heavy atom. The minimum Gasteiger partial charge on any atom is -0.356 e. The molecule has 0 unspecified atom stereocenters. The molecule has 0 aliphatic rings. The number of halogens is 1. The summed E-state index contributed by atoms with van der Waals surface area (Å²) in [7, 11) is 0. The van der Waals surface area contributed by atoms with Crippen molar-refractivity contribution < 1.29 is 8.91 Å². The summed E-state index contributed by atoms with van der Waals surface area (Å²) in [5, 5.41) is 16.1. The van der Waals surface area contributed by atoms with E-state index in [1.165, 1.54) is 35.2 Å². The van der Waals surface area contributed by atoms with E-state index < -0.39 is 0 Å². The first-order valence-electron chi connectivity index (χ1n) is 7.99. The van der Waals surface area contributed by atoms with Crippen molar-refractivity contribution in [1.29, 1.82) is 0 Å². The smallest absolute Gasteiger partial charge is 0.237 e. The maximum absolute atomic E-state index is 12.9. The first kappa shape index (κ1) is 17.8. The van der Waals surface area contributed by atoms with Crippen LogP contribution in [-0.4, -0.2) is 20.3 Å². The number of anilines is 1. The highest BCUT2D eigenvalue weighted by Gasteiger charge is 2.10. The van der Waals surface area contributed by atoms with E-state index in [0.29, 0.717) is 18.2 Å². The maximum atomic E-state index is 12.9. The molecule has 9 heteroatoms. The highest BCUT2D eigenvalue weighted by Crippen LogP contribution is 2.28. The average Bonchev–Trinajstić information content (AvgIpc) is 3.27. The van der Waals surface area contributed by atoms with Crippen molar-refractivity contribution in [3.63, 3.8) is 0 Å². The van der Waals surface area contributed by atoms with Gasteiger partial charge in [0.15, 0.2) is 10.2 Å². The Morgan fingerprint density at radius 3 is 2.88 bits per heavy atom. The molecule has 0 saturated heterocycles. The fourth-order valence-corrected chi connectivity index (χ4v) is 3.61. The van der Waals surface area contributed by atoms with E-state index in [1.54, 1.807) is 12.1 Å². The summed E-state index contributed by atoms with van der Waals surface area (Å²) in [6.07, 6.45) is 3.02. The molecule has 25 heavy (non-hydrogen) atoms. The molecule has 0 radical (unpaired) electrons. The molecule has 1 aromatic carbocycles. The lowest BCUT2D eigenvalue weighted by atomic mass is 10.2. The van der Waals surface area contributed by atoms with Gasteiger partial charge < -0.3 is 9.84 Å². The monoisotopic (exact) mass is 379 g/mol. The van der Waals surface area contributed by atoms with Crippen LogP contribution in [0.3, 0.4) is 0 Å². The van der Waals surface area contributed by atoms with E-state index in [0.717, 1.165) is 40.1 Å². The minimum absolute atomic E-state index is 0.239. The van der Waals surface area contributed by atoms with Gasteiger partial charge in [0.05, 0.1) is 5.75 Å². The van der Waals surface area contributed by atoms with Crippen LogP contribution in [0.1, 0.15) is 37.0 Å². The van der Waals surface area contributed by atoms with E-state index in [9.17, 15) is 4.39 Å². The molecular weight excluding hydrogens is 361 g/mol. The summed E-state index contributed by atoms with van der Waals surface area (Å²) in [5.74, 6) is 1.70. The van der Waals surface area contributed by atoms with Gasteiger partial charge in [-0.25, -0.2) is 4.39 Å². The van der Waals surface area contributed by atoms with Crippen LogP contribution in [0.5, 0.6) is 0 Å². The van der Waals surface area contributed by atoms with Gasteiger partial charge in [-0.1, -0.05) is 53.7 Å². The molecule has 1 N–H and O–H groups in total. The van der Waals surface area contributed by atoms with E-state index in [4.69, 9.17) is 4.52 Å². The summed E-state index contributed by atoms with van der Waals surface area (Å²) < 4.78 is 18.9. The maximum Gasteiger partial charge on any atom is 0.237 e. The van der Waals surface area contributed by atoms with Crippen molar-refractivity contribution in [3.8, 4) is 0 Å². The van der Waals surface area contributed by atoms with Crippen molar-refractivity contribution >= 4 is 28.2 Å². The second-order valence-electron chi connectivity index (χ2n) is 5.35. The number of benzene rings is 1. The molecule has 6 nitrogen and oxygen atoms in total. The number of rotatable bonds is 9. The van der Waals surface area contributed by atoms with E-state index in [2.05, 4.69) is 32.6 Å². The van der Waals surface area contributed by atoms with Crippen LogP contribution in [0.25, 0.3) is 0 Å². The van der Waals surface area contributed by atoms with Gasteiger partial charge >= 0.3 is 0 Å². The van der Waals surface area contributed by atoms with Gasteiger partial charge in [-0.3, -0.25) is 0 Å². The number of nitrogens with one attached hydrogen (secondary N) is 1. The zero-order chi connectivity index (χ0) is 17.5. The quantitative estimate of drug-likeness (QED) is 0.555. The van der Waals surface area contributed by atoms with Crippen LogP contribution in [0, 0.1) is 5.82 Å². The second-order valence-corrected chi connectivity index (χ2v) is 7.55. The van der Waals surface area contributed by atoms with Gasteiger partial charge in [0.25, 0.3) is 0 Å². The molecule has 3 rings (SSSR count). The second kappa shape index (κ2) is 8.91. The summed E-state index contributed by atoms with van der Waals surface area (Å²) in [4.78, 5) is 4.36. The molecule has 132 valence electrons. The van der Waals surface area contributed by atoms with Gasteiger partial charge in [-0.15, -0.1) is 10.2 Å². The Balaban J connectivity index is 1.46. The molecule has 0 aliphatic carbocycles. The lowest BCUT2D eigenvalue weighted by Crippen LogP contribution is -1.98. The summed E-state index contributed by atoms with van der Waals surface area (Å²) in [6, 6.07) is 6.37. The molecule has 0 fully saturated rings. The lowest BCUT2D eigenvalue weighted by Gasteiger charge is -2.01. The van der Waals surface area contributed by atoms with Gasteiger partial charge in [-0.05, 0) is 24.1 Å². The van der Waals surface area contributed by atoms with Crippen molar-refractivity contribution in [1.82, 2.24) is 20.3 Å². The molecule has 0 atom stereocenters. The fourth-order valence-electron chi connectivity index (χ4n) is 2.03. The van der Waals surface area contributed by atoms with E-state index >= 15 is 0 Å². The van der Waals surface area contributed by atoms with Crippen LogP contribution < -0.4 is 5.32 Å². The zero-order valence-electron chi connectivity index (χ0n) is 13.7. The van der Waals surface area contributed by atoms with E-state index in [1.807, 2.05) is 0 Å². The Labute approximate surface area is 153 Å². The third-order valence-electron chi connectivity index (χ3n) is 3.35. The lowest BCUT2D eigenvalue weighted by molar-refractivity contribution is 0.384. The molecule has 0 spiro atoms. The molecule has 3 aromatic rings. The Hall–Kier alpha value is -2.00. The number of hydrogen-bond acceptors (Lipinski definition) is 8. The average molecular weight is 379 g/mol. The number of aromatic nitrogens is 4. The highest BCUT2D eigenvalue weighted by atomic mass is 32.2. The van der Waals surface area contributed by atoms with Crippen molar-refractivity contribution in [3.05, 3.63) is 47.4 Å². The van der Waals surface area contributed by atoms with Gasteiger partial charge in [0, 0.05) is 13.0 Å². The van der Waals surface area contributed by atoms with E-state index in [-0.39, 0.29) is 5.82 Å². The van der Waals surface area contributed by atoms with Crippen LogP contribution >= 0.6 is 23.1 Å². The predicted octanol–water partition coefficient (Wildman–Crippen LogP) is 4.31. The van der Waals surface area contributed by atoms with Crippen molar-refractivity contribution in [2.75, 3.05) is 5.32 Å². The van der Waals surface area contributed by atoms with Crippen molar-refractivity contribution in [2.24, 2.45) is 0 Å². The SMILES string of the molecule is CCCCc1noc(CSc2nnc(NCc3ccc(F)cc3)s2)n1. The van der Waals surface area contributed by atoms with Gasteiger partial charge in [0.1, 0.15) is 5.82 Å². The molecule has 2 heterocycles. The third-order valence-corrected chi connectivity index (χ3v) is 5.35. The first-order valence-corrected chi connectivity index (χ1v) is 9.79. The highest BCUT2D eigenvalue weighted by molar-refractivity contribution is 8.00. The predicted molar refractivity (Wildman–Crippen MR) is 96.1 cm³/mol. The number of unbranched alkanes of at least 4 members (excludes halogenated alkanes) is 1. The molecule has 2 aromatic heterocycles. The zero-order valence-corrected chi connectivity index (χ0v) is 15.4. The number of aryl methyl sites for hydroxylation is 1. The molecule has 0 aliphatic heterocycles. The Bertz CT molecular complexity index is 790. The van der Waals surface area contributed by atoms with Crippen LogP contribution in [0.15, 0.2) is 33.1 Å². The molecule has 0 saturated carbocycles. The van der Waals surface area contributed by atoms with Crippen molar-refractivity contribution in [2.45, 2.75) is 42.8 Å². The summed E-state index contributed by atoms with van der Waals surface area (Å²) >= 11 is 2.98. The number of nitrogens with zero attached hydrogens (tertiary/aromatic N) is 4. The summed E-state index contributed by atoms with van der Waals surface area (Å²) in [6.45, 7) is 2.71. The number of hydrogen-bond donors (Lipinski definition) is 1. The van der Waals surface area contributed by atoms with Gasteiger partial charge in [-0.2, -0.15) is 4.98 Å². The van der Waals surface area contributed by atoms with Crippen LogP contribution in [-0.2, 0) is 18.7 Å². The Morgan fingerprint density at radius 1 is 1.24 bits per heavy atom. The topological polar surface area (TPSA) is 76.7 Å².